The largest absolute Gasteiger partial charge is 0.482 e. The Balaban J connectivity index is 1.59. The first-order valence-electron chi connectivity index (χ1n) is 9.67. The summed E-state index contributed by atoms with van der Waals surface area (Å²) in [5.41, 5.74) is 2.42. The average molecular weight is 437 g/mol. The van der Waals surface area contributed by atoms with Gasteiger partial charge in [0.1, 0.15) is 5.75 Å². The minimum Gasteiger partial charge on any atom is -0.482 e. The molecule has 1 N–H and O–H groups in total. The van der Waals surface area contributed by atoms with E-state index < -0.39 is 10.0 Å². The standard InChI is InChI=1S/C21H25ClN2O4S/c1-2-3-11-23-29(26,27)18-8-9-20(19(22)13-18)28-15-21(25)24-12-10-16-6-4-5-7-17(16)14-24/h4-9,13,23H,2-3,10-12,14-15H2,1H3. The lowest BCUT2D eigenvalue weighted by Gasteiger charge is -2.28. The van der Waals surface area contributed by atoms with Crippen LogP contribution in [0.1, 0.15) is 30.9 Å². The number of rotatable bonds is 8. The maximum atomic E-state index is 12.5. The van der Waals surface area contributed by atoms with E-state index in [1.54, 1.807) is 4.90 Å². The Morgan fingerprint density at radius 2 is 1.97 bits per heavy atom. The van der Waals surface area contributed by atoms with Gasteiger partial charge in [-0.1, -0.05) is 49.2 Å². The van der Waals surface area contributed by atoms with Crippen LogP contribution in [0.25, 0.3) is 0 Å². The monoisotopic (exact) mass is 436 g/mol. The van der Waals surface area contributed by atoms with Gasteiger partial charge >= 0.3 is 0 Å². The third-order valence-corrected chi connectivity index (χ3v) is 6.62. The highest BCUT2D eigenvalue weighted by Crippen LogP contribution is 2.27. The number of unbranched alkanes of at least 4 members (excludes halogenated alkanes) is 1. The van der Waals surface area contributed by atoms with Gasteiger partial charge in [0.05, 0.1) is 9.92 Å². The molecule has 0 aromatic heterocycles. The van der Waals surface area contributed by atoms with Gasteiger partial charge in [-0.3, -0.25) is 4.79 Å². The lowest BCUT2D eigenvalue weighted by molar-refractivity contribution is -0.134. The number of carbonyl (C=O) groups is 1. The van der Waals surface area contributed by atoms with E-state index in [9.17, 15) is 13.2 Å². The van der Waals surface area contributed by atoms with Crippen molar-refractivity contribution in [2.75, 3.05) is 19.7 Å². The predicted octanol–water partition coefficient (Wildman–Crippen LogP) is 3.38. The second kappa shape index (κ2) is 9.61. The maximum absolute atomic E-state index is 12.5. The fraction of sp³-hybridized carbons (Fsp3) is 0.381. The number of ether oxygens (including phenoxy) is 1. The summed E-state index contributed by atoms with van der Waals surface area (Å²) in [6.45, 7) is 3.42. The van der Waals surface area contributed by atoms with Gasteiger partial charge in [0.15, 0.2) is 6.61 Å². The predicted molar refractivity (Wildman–Crippen MR) is 113 cm³/mol. The number of hydrogen-bond donors (Lipinski definition) is 1. The van der Waals surface area contributed by atoms with Crippen molar-refractivity contribution in [2.24, 2.45) is 0 Å². The summed E-state index contributed by atoms with van der Waals surface area (Å²) < 4.78 is 32.6. The van der Waals surface area contributed by atoms with Gasteiger partial charge in [0.2, 0.25) is 10.0 Å². The van der Waals surface area contributed by atoms with Crippen molar-refractivity contribution in [3.63, 3.8) is 0 Å². The number of nitrogens with one attached hydrogen (secondary N) is 1. The van der Waals surface area contributed by atoms with Crippen LogP contribution in [-0.4, -0.2) is 38.9 Å². The van der Waals surface area contributed by atoms with Crippen molar-refractivity contribution in [2.45, 2.75) is 37.6 Å². The lowest BCUT2D eigenvalue weighted by atomic mass is 10.00. The lowest BCUT2D eigenvalue weighted by Crippen LogP contribution is -2.38. The maximum Gasteiger partial charge on any atom is 0.260 e. The number of fused-ring (bicyclic) bond motifs is 1. The molecule has 8 heteroatoms. The number of halogens is 1. The van der Waals surface area contributed by atoms with Crippen molar-refractivity contribution in [1.82, 2.24) is 9.62 Å². The Hall–Kier alpha value is -2.09. The Kier molecular flexibility index (Phi) is 7.16. The first-order valence-corrected chi connectivity index (χ1v) is 11.5. The van der Waals surface area contributed by atoms with Gasteiger partial charge in [0, 0.05) is 19.6 Å². The zero-order valence-corrected chi connectivity index (χ0v) is 17.9. The highest BCUT2D eigenvalue weighted by Gasteiger charge is 2.21. The van der Waals surface area contributed by atoms with E-state index in [1.165, 1.54) is 23.8 Å². The Morgan fingerprint density at radius 1 is 1.21 bits per heavy atom. The number of amides is 1. The smallest absolute Gasteiger partial charge is 0.260 e. The van der Waals surface area contributed by atoms with Crippen molar-refractivity contribution >= 4 is 27.5 Å². The SMILES string of the molecule is CCCCNS(=O)(=O)c1ccc(OCC(=O)N2CCc3ccccc3C2)c(Cl)c1. The van der Waals surface area contributed by atoms with E-state index in [1.807, 2.05) is 25.1 Å². The molecule has 0 bridgehead atoms. The van der Waals surface area contributed by atoms with Crippen LogP contribution in [0.5, 0.6) is 5.75 Å². The van der Waals surface area contributed by atoms with Gasteiger partial charge in [-0.15, -0.1) is 0 Å². The molecule has 0 radical (unpaired) electrons. The molecule has 0 atom stereocenters. The summed E-state index contributed by atoms with van der Waals surface area (Å²) in [5, 5.41) is 0.153. The van der Waals surface area contributed by atoms with Crippen molar-refractivity contribution in [1.29, 1.82) is 0 Å². The van der Waals surface area contributed by atoms with Crippen LogP contribution in [0.2, 0.25) is 5.02 Å². The Bertz CT molecular complexity index is 978. The van der Waals surface area contributed by atoms with E-state index in [0.717, 1.165) is 24.8 Å². The fourth-order valence-electron chi connectivity index (χ4n) is 3.17. The van der Waals surface area contributed by atoms with E-state index >= 15 is 0 Å². The van der Waals surface area contributed by atoms with Crippen LogP contribution in [0.3, 0.4) is 0 Å². The van der Waals surface area contributed by atoms with Crippen molar-refractivity contribution < 1.29 is 17.9 Å². The number of carbonyl (C=O) groups excluding carboxylic acids is 1. The zero-order chi connectivity index (χ0) is 20.9. The molecular formula is C21H25ClN2O4S. The molecule has 0 unspecified atom stereocenters. The van der Waals surface area contributed by atoms with E-state index in [-0.39, 0.29) is 28.2 Å². The zero-order valence-electron chi connectivity index (χ0n) is 16.4. The second-order valence-corrected chi connectivity index (χ2v) is 9.14. The average Bonchev–Trinajstić information content (AvgIpc) is 2.72. The normalized spacial score (nSPS) is 13.8. The molecular weight excluding hydrogens is 412 g/mol. The minimum atomic E-state index is -3.61. The quantitative estimate of drug-likeness (QED) is 0.643. The van der Waals surface area contributed by atoms with Crippen LogP contribution in [0, 0.1) is 0 Å². The summed E-state index contributed by atoms with van der Waals surface area (Å²) in [6.07, 6.45) is 2.48. The topological polar surface area (TPSA) is 75.7 Å². The highest BCUT2D eigenvalue weighted by atomic mass is 35.5. The molecule has 1 aliphatic heterocycles. The van der Waals surface area contributed by atoms with Gasteiger partial charge in [-0.25, -0.2) is 13.1 Å². The molecule has 29 heavy (non-hydrogen) atoms. The van der Waals surface area contributed by atoms with E-state index in [4.69, 9.17) is 16.3 Å². The minimum absolute atomic E-state index is 0.0740. The summed E-state index contributed by atoms with van der Waals surface area (Å²) in [5.74, 6) is 0.151. The Morgan fingerprint density at radius 3 is 2.69 bits per heavy atom. The highest BCUT2D eigenvalue weighted by molar-refractivity contribution is 7.89. The first-order chi connectivity index (χ1) is 13.9. The summed E-state index contributed by atoms with van der Waals surface area (Å²) in [6, 6.07) is 12.3. The van der Waals surface area contributed by atoms with E-state index in [2.05, 4.69) is 10.8 Å². The molecule has 0 fully saturated rings. The molecule has 0 aliphatic carbocycles. The fourth-order valence-corrected chi connectivity index (χ4v) is 4.57. The number of nitrogens with zero attached hydrogens (tertiary/aromatic N) is 1. The molecule has 156 valence electrons. The summed E-state index contributed by atoms with van der Waals surface area (Å²) in [4.78, 5) is 14.3. The van der Waals surface area contributed by atoms with Crippen LogP contribution < -0.4 is 9.46 Å². The van der Waals surface area contributed by atoms with Gasteiger partial charge < -0.3 is 9.64 Å². The van der Waals surface area contributed by atoms with Crippen LogP contribution in [-0.2, 0) is 27.8 Å². The van der Waals surface area contributed by atoms with Crippen molar-refractivity contribution in [3.8, 4) is 5.75 Å². The van der Waals surface area contributed by atoms with Gasteiger partial charge in [0.25, 0.3) is 5.91 Å². The second-order valence-electron chi connectivity index (χ2n) is 6.97. The molecule has 1 amide bonds. The number of hydrogen-bond acceptors (Lipinski definition) is 4. The summed E-state index contributed by atoms with van der Waals surface area (Å²) in [7, 11) is -3.61. The van der Waals surface area contributed by atoms with Gasteiger partial charge in [-0.05, 0) is 42.2 Å². The van der Waals surface area contributed by atoms with Crippen LogP contribution in [0.15, 0.2) is 47.4 Å². The molecule has 6 nitrogen and oxygen atoms in total. The third kappa shape index (κ3) is 5.50. The third-order valence-electron chi connectivity index (χ3n) is 4.87. The first kappa shape index (κ1) is 21.6. The molecule has 0 saturated carbocycles. The Labute approximate surface area is 176 Å². The molecule has 2 aromatic carbocycles. The molecule has 2 aromatic rings. The number of benzene rings is 2. The van der Waals surface area contributed by atoms with Crippen LogP contribution in [0.4, 0.5) is 0 Å². The molecule has 0 spiro atoms. The molecule has 0 saturated heterocycles. The molecule has 1 aliphatic rings. The molecule has 1 heterocycles. The van der Waals surface area contributed by atoms with Gasteiger partial charge in [-0.2, -0.15) is 0 Å². The molecule has 3 rings (SSSR count). The number of sulfonamides is 1. The summed E-state index contributed by atoms with van der Waals surface area (Å²) >= 11 is 6.19. The van der Waals surface area contributed by atoms with E-state index in [0.29, 0.717) is 19.6 Å². The van der Waals surface area contributed by atoms with Crippen LogP contribution >= 0.6 is 11.6 Å². The van der Waals surface area contributed by atoms with Crippen molar-refractivity contribution in [3.05, 3.63) is 58.6 Å².